The number of nitrogens with zero attached hydrogens (tertiary/aromatic N) is 2. The van der Waals surface area contributed by atoms with Crippen LogP contribution in [0.1, 0.15) is 10.6 Å². The first-order chi connectivity index (χ1) is 7.69. The van der Waals surface area contributed by atoms with Gasteiger partial charge in [0, 0.05) is 18.5 Å². The zero-order valence-electron chi connectivity index (χ0n) is 9.40. The third-order valence-corrected chi connectivity index (χ3v) is 3.36. The minimum absolute atomic E-state index is 0.00155. The molecule has 0 atom stereocenters. The highest BCUT2D eigenvalue weighted by molar-refractivity contribution is 7.09. The quantitative estimate of drug-likeness (QED) is 0.733. The van der Waals surface area contributed by atoms with Crippen molar-refractivity contribution in [3.8, 4) is 0 Å². The number of thiazole rings is 1. The molecule has 1 amide bonds. The number of methoxy groups -OCH3 is 1. The number of rotatable bonds is 6. The Morgan fingerprint density at radius 1 is 1.69 bits per heavy atom. The first-order valence-corrected chi connectivity index (χ1v) is 6.32. The molecule has 0 aromatic carbocycles. The van der Waals surface area contributed by atoms with Gasteiger partial charge in [0.1, 0.15) is 5.88 Å². The van der Waals surface area contributed by atoms with Crippen molar-refractivity contribution >= 4 is 28.8 Å². The second-order valence-electron chi connectivity index (χ2n) is 3.30. The van der Waals surface area contributed by atoms with Crippen LogP contribution in [0.4, 0.5) is 0 Å². The van der Waals surface area contributed by atoms with Crippen LogP contribution in [0.25, 0.3) is 0 Å². The predicted octanol–water partition coefficient (Wildman–Crippen LogP) is 1.67. The van der Waals surface area contributed by atoms with E-state index in [0.29, 0.717) is 19.7 Å². The molecule has 1 heterocycles. The van der Waals surface area contributed by atoms with Crippen molar-refractivity contribution in [1.29, 1.82) is 0 Å². The predicted molar refractivity (Wildman–Crippen MR) is 64.9 cm³/mol. The molecule has 1 aromatic rings. The number of ether oxygens (including phenoxy) is 1. The lowest BCUT2D eigenvalue weighted by Gasteiger charge is -2.20. The molecule has 0 fully saturated rings. The van der Waals surface area contributed by atoms with Gasteiger partial charge in [-0.25, -0.2) is 4.98 Å². The van der Waals surface area contributed by atoms with Crippen molar-refractivity contribution in [3.05, 3.63) is 16.1 Å². The average Bonchev–Trinajstić information content (AvgIpc) is 2.69. The summed E-state index contributed by atoms with van der Waals surface area (Å²) in [4.78, 5) is 18.5. The molecule has 0 aliphatic carbocycles. The molecular weight excluding hydrogens is 248 g/mol. The molecule has 0 unspecified atom stereocenters. The largest absolute Gasteiger partial charge is 0.383 e. The van der Waals surface area contributed by atoms with Gasteiger partial charge in [-0.1, -0.05) is 0 Å². The van der Waals surface area contributed by atoms with Gasteiger partial charge in [-0.2, -0.15) is 0 Å². The maximum absolute atomic E-state index is 11.6. The molecule has 16 heavy (non-hydrogen) atoms. The van der Waals surface area contributed by atoms with Crippen LogP contribution in [0.15, 0.2) is 5.51 Å². The van der Waals surface area contributed by atoms with Crippen molar-refractivity contribution < 1.29 is 9.53 Å². The zero-order valence-corrected chi connectivity index (χ0v) is 11.0. The first kappa shape index (κ1) is 13.4. The SMILES string of the molecule is COCCN(Cc1scnc1C)C(=O)CCl. The minimum atomic E-state index is -0.0773. The summed E-state index contributed by atoms with van der Waals surface area (Å²) in [5.74, 6) is -0.0757. The van der Waals surface area contributed by atoms with Gasteiger partial charge >= 0.3 is 0 Å². The molecule has 0 aliphatic rings. The molecule has 1 aromatic heterocycles. The number of alkyl halides is 1. The lowest BCUT2D eigenvalue weighted by Crippen LogP contribution is -2.34. The van der Waals surface area contributed by atoms with E-state index in [2.05, 4.69) is 4.98 Å². The second kappa shape index (κ2) is 6.83. The maximum atomic E-state index is 11.6. The van der Waals surface area contributed by atoms with Gasteiger partial charge < -0.3 is 9.64 Å². The van der Waals surface area contributed by atoms with Gasteiger partial charge in [-0.15, -0.1) is 22.9 Å². The molecule has 4 nitrogen and oxygen atoms in total. The molecule has 0 radical (unpaired) electrons. The Morgan fingerprint density at radius 2 is 2.44 bits per heavy atom. The van der Waals surface area contributed by atoms with E-state index in [-0.39, 0.29) is 11.8 Å². The molecule has 0 N–H and O–H groups in total. The summed E-state index contributed by atoms with van der Waals surface area (Å²) in [7, 11) is 1.61. The highest BCUT2D eigenvalue weighted by atomic mass is 35.5. The van der Waals surface area contributed by atoms with E-state index in [1.165, 1.54) is 0 Å². The van der Waals surface area contributed by atoms with Crippen LogP contribution in [0, 0.1) is 6.92 Å². The third-order valence-electron chi connectivity index (χ3n) is 2.21. The molecule has 1 rings (SSSR count). The number of hydrogen-bond donors (Lipinski definition) is 0. The number of halogens is 1. The van der Waals surface area contributed by atoms with Crippen LogP contribution >= 0.6 is 22.9 Å². The lowest BCUT2D eigenvalue weighted by atomic mass is 10.3. The van der Waals surface area contributed by atoms with Crippen molar-refractivity contribution in [2.24, 2.45) is 0 Å². The summed E-state index contributed by atoms with van der Waals surface area (Å²) >= 11 is 7.11. The fourth-order valence-corrected chi connectivity index (χ4v) is 2.19. The average molecular weight is 263 g/mol. The Labute approximate surface area is 104 Å². The summed E-state index contributed by atoms with van der Waals surface area (Å²) in [6.07, 6.45) is 0. The van der Waals surface area contributed by atoms with Gasteiger partial charge in [-0.3, -0.25) is 4.79 Å². The van der Waals surface area contributed by atoms with Crippen LogP contribution in [-0.4, -0.2) is 41.9 Å². The van der Waals surface area contributed by atoms with Crippen molar-refractivity contribution in [2.45, 2.75) is 13.5 Å². The third kappa shape index (κ3) is 3.73. The van der Waals surface area contributed by atoms with Crippen LogP contribution in [-0.2, 0) is 16.1 Å². The summed E-state index contributed by atoms with van der Waals surface area (Å²) in [5.41, 5.74) is 2.75. The molecule has 0 saturated carbocycles. The topological polar surface area (TPSA) is 42.4 Å². The first-order valence-electron chi connectivity index (χ1n) is 4.90. The summed E-state index contributed by atoms with van der Waals surface area (Å²) in [6, 6.07) is 0. The van der Waals surface area contributed by atoms with Crippen LogP contribution in [0.5, 0.6) is 0 Å². The van der Waals surface area contributed by atoms with Gasteiger partial charge in [0.2, 0.25) is 5.91 Å². The fraction of sp³-hybridized carbons (Fsp3) is 0.600. The van der Waals surface area contributed by atoms with E-state index < -0.39 is 0 Å². The van der Waals surface area contributed by atoms with Gasteiger partial charge in [0.05, 0.1) is 24.4 Å². The molecule has 0 bridgehead atoms. The summed E-state index contributed by atoms with van der Waals surface area (Å²) in [5, 5.41) is 0. The zero-order chi connectivity index (χ0) is 12.0. The Hall–Kier alpha value is -0.650. The van der Waals surface area contributed by atoms with Crippen LogP contribution < -0.4 is 0 Å². The van der Waals surface area contributed by atoms with Crippen molar-refractivity contribution in [2.75, 3.05) is 26.1 Å². The van der Waals surface area contributed by atoms with E-state index in [1.807, 2.05) is 6.92 Å². The number of aryl methyl sites for hydroxylation is 1. The molecule has 0 aliphatic heterocycles. The van der Waals surface area contributed by atoms with E-state index in [4.69, 9.17) is 16.3 Å². The van der Waals surface area contributed by atoms with Crippen molar-refractivity contribution in [1.82, 2.24) is 9.88 Å². The van der Waals surface area contributed by atoms with E-state index in [0.717, 1.165) is 10.6 Å². The highest BCUT2D eigenvalue weighted by Crippen LogP contribution is 2.15. The second-order valence-corrected chi connectivity index (χ2v) is 4.51. The molecule has 90 valence electrons. The number of amides is 1. The summed E-state index contributed by atoms with van der Waals surface area (Å²) < 4.78 is 4.97. The normalized spacial score (nSPS) is 10.4. The van der Waals surface area contributed by atoms with Gasteiger partial charge in [-0.05, 0) is 6.92 Å². The van der Waals surface area contributed by atoms with E-state index in [9.17, 15) is 4.79 Å². The highest BCUT2D eigenvalue weighted by Gasteiger charge is 2.14. The fourth-order valence-electron chi connectivity index (χ4n) is 1.23. The number of carbonyl (C=O) groups is 1. The number of carbonyl (C=O) groups excluding carboxylic acids is 1. The Bertz CT molecular complexity index is 343. The number of aromatic nitrogens is 1. The Kier molecular flexibility index (Phi) is 5.73. The van der Waals surface area contributed by atoms with Gasteiger partial charge in [0.25, 0.3) is 0 Å². The number of hydrogen-bond acceptors (Lipinski definition) is 4. The molecule has 0 saturated heterocycles. The molecule has 6 heteroatoms. The lowest BCUT2D eigenvalue weighted by molar-refractivity contribution is -0.129. The maximum Gasteiger partial charge on any atom is 0.237 e. The van der Waals surface area contributed by atoms with Gasteiger partial charge in [0.15, 0.2) is 0 Å². The minimum Gasteiger partial charge on any atom is -0.383 e. The molecular formula is C10H15ClN2O2S. The van der Waals surface area contributed by atoms with E-state index in [1.54, 1.807) is 28.9 Å². The Morgan fingerprint density at radius 3 is 2.94 bits per heavy atom. The molecule has 0 spiro atoms. The Balaban J connectivity index is 2.63. The van der Waals surface area contributed by atoms with E-state index >= 15 is 0 Å². The smallest absolute Gasteiger partial charge is 0.237 e. The van der Waals surface area contributed by atoms with Crippen LogP contribution in [0.2, 0.25) is 0 Å². The van der Waals surface area contributed by atoms with Crippen LogP contribution in [0.3, 0.4) is 0 Å². The summed E-state index contributed by atoms with van der Waals surface area (Å²) in [6.45, 7) is 3.57. The standard InChI is InChI=1S/C10H15ClN2O2S/c1-8-9(16-7-12-8)6-13(3-4-15-2)10(14)5-11/h7H,3-6H2,1-2H3. The monoisotopic (exact) mass is 262 g/mol. The van der Waals surface area contributed by atoms with Crippen molar-refractivity contribution in [3.63, 3.8) is 0 Å².